The number of amides is 1. The van der Waals surface area contributed by atoms with Gasteiger partial charge in [0.25, 0.3) is 0 Å². The van der Waals surface area contributed by atoms with Gasteiger partial charge in [-0.05, 0) is 36.8 Å². The van der Waals surface area contributed by atoms with Crippen LogP contribution < -0.4 is 5.73 Å². The van der Waals surface area contributed by atoms with Crippen molar-refractivity contribution in [3.05, 3.63) is 77.1 Å². The molecular weight excluding hydrogens is 355 g/mol. The van der Waals surface area contributed by atoms with Gasteiger partial charge in [-0.2, -0.15) is 0 Å². The third-order valence-corrected chi connectivity index (χ3v) is 4.76. The number of halogens is 1. The Labute approximate surface area is 161 Å². The molecule has 0 spiro atoms. The third kappa shape index (κ3) is 3.13. The molecule has 28 heavy (non-hydrogen) atoms. The molecule has 4 aromatic rings. The Hall–Kier alpha value is -3.54. The van der Waals surface area contributed by atoms with Crippen molar-refractivity contribution in [3.8, 4) is 0 Å². The summed E-state index contributed by atoms with van der Waals surface area (Å²) in [6.07, 6.45) is 1.91. The summed E-state index contributed by atoms with van der Waals surface area (Å²) in [6, 6.07) is 10.9. The number of rotatable bonds is 5. The molecule has 2 aromatic carbocycles. The number of para-hydroxylation sites is 1. The molecule has 0 aliphatic rings. The van der Waals surface area contributed by atoms with Gasteiger partial charge in [-0.1, -0.05) is 24.8 Å². The molecule has 0 aliphatic heterocycles. The highest BCUT2D eigenvalue weighted by Crippen LogP contribution is 2.34. The van der Waals surface area contributed by atoms with Gasteiger partial charge in [-0.3, -0.25) is 4.79 Å². The largest absolute Gasteiger partial charge is 0.369 e. The van der Waals surface area contributed by atoms with Gasteiger partial charge in [-0.25, -0.2) is 14.4 Å². The first-order valence-electron chi connectivity index (χ1n) is 8.92. The van der Waals surface area contributed by atoms with Crippen LogP contribution in [0.4, 0.5) is 4.39 Å². The van der Waals surface area contributed by atoms with Crippen LogP contribution in [-0.2, 0) is 17.6 Å². The predicted octanol–water partition coefficient (Wildman–Crippen LogP) is 3.82. The molecule has 0 bridgehead atoms. The van der Waals surface area contributed by atoms with Gasteiger partial charge in [0.1, 0.15) is 11.6 Å². The molecular formula is C22H19FN4O. The topological polar surface area (TPSA) is 84.7 Å². The summed E-state index contributed by atoms with van der Waals surface area (Å²) in [7, 11) is 0. The number of carbonyl (C=O) groups excluding carboxylic acids is 1. The lowest BCUT2D eigenvalue weighted by atomic mass is 9.97. The second-order valence-corrected chi connectivity index (χ2v) is 6.77. The van der Waals surface area contributed by atoms with Gasteiger partial charge < -0.3 is 10.7 Å². The van der Waals surface area contributed by atoms with E-state index in [1.54, 1.807) is 19.1 Å². The number of H-pyrrole nitrogens is 1. The quantitative estimate of drug-likeness (QED) is 0.557. The van der Waals surface area contributed by atoms with Crippen molar-refractivity contribution in [2.45, 2.75) is 19.8 Å². The fourth-order valence-corrected chi connectivity index (χ4v) is 3.66. The van der Waals surface area contributed by atoms with Crippen molar-refractivity contribution < 1.29 is 9.18 Å². The van der Waals surface area contributed by atoms with Crippen molar-refractivity contribution in [2.24, 2.45) is 5.73 Å². The molecule has 1 amide bonds. The van der Waals surface area contributed by atoms with Gasteiger partial charge in [0, 0.05) is 34.0 Å². The number of aromatic nitrogens is 3. The fraction of sp³-hybridized carbons (Fsp3) is 0.136. The van der Waals surface area contributed by atoms with Crippen molar-refractivity contribution in [1.29, 1.82) is 0 Å². The highest BCUT2D eigenvalue weighted by Gasteiger charge is 2.19. The zero-order chi connectivity index (χ0) is 19.8. The first-order chi connectivity index (χ1) is 13.5. The zero-order valence-corrected chi connectivity index (χ0v) is 15.4. The molecule has 5 nitrogen and oxygen atoms in total. The Kier molecular flexibility index (Phi) is 4.39. The van der Waals surface area contributed by atoms with Crippen LogP contribution in [0.15, 0.2) is 43.0 Å². The molecule has 0 fully saturated rings. The van der Waals surface area contributed by atoms with E-state index in [-0.39, 0.29) is 12.2 Å². The zero-order valence-electron chi connectivity index (χ0n) is 15.4. The van der Waals surface area contributed by atoms with Crippen molar-refractivity contribution >= 4 is 33.8 Å². The van der Waals surface area contributed by atoms with E-state index in [1.165, 1.54) is 6.07 Å². The van der Waals surface area contributed by atoms with Gasteiger partial charge >= 0.3 is 0 Å². The maximum atomic E-state index is 15.2. The summed E-state index contributed by atoms with van der Waals surface area (Å²) in [6.45, 7) is 5.54. The lowest BCUT2D eigenvalue weighted by molar-refractivity contribution is -0.117. The molecule has 140 valence electrons. The third-order valence-electron chi connectivity index (χ3n) is 4.76. The number of aryl methyl sites for hydroxylation is 1. The van der Waals surface area contributed by atoms with Crippen molar-refractivity contribution in [2.75, 3.05) is 0 Å². The number of hydrogen-bond donors (Lipinski definition) is 2. The Balaban J connectivity index is 1.98. The normalized spacial score (nSPS) is 11.2. The van der Waals surface area contributed by atoms with E-state index >= 15 is 4.39 Å². The lowest BCUT2D eigenvalue weighted by Crippen LogP contribution is -2.14. The summed E-state index contributed by atoms with van der Waals surface area (Å²) in [4.78, 5) is 23.5. The van der Waals surface area contributed by atoms with Crippen LogP contribution in [0.5, 0.6) is 0 Å². The number of hydrogen-bond acceptors (Lipinski definition) is 3. The number of nitrogens with zero attached hydrogens (tertiary/aromatic N) is 2. The molecule has 6 heteroatoms. The average molecular weight is 374 g/mol. The predicted molar refractivity (Wildman–Crippen MR) is 108 cm³/mol. The molecule has 0 aliphatic carbocycles. The molecule has 0 saturated heterocycles. The molecule has 3 N–H and O–H groups in total. The van der Waals surface area contributed by atoms with Gasteiger partial charge in [0.2, 0.25) is 5.91 Å². The van der Waals surface area contributed by atoms with E-state index in [4.69, 9.17) is 5.73 Å². The minimum Gasteiger partial charge on any atom is -0.369 e. The van der Waals surface area contributed by atoms with E-state index in [1.807, 2.05) is 24.3 Å². The Morgan fingerprint density at radius 3 is 2.82 bits per heavy atom. The Morgan fingerprint density at radius 1 is 1.29 bits per heavy atom. The Bertz CT molecular complexity index is 1240. The SMILES string of the molecule is C=Cc1cc(Cc2c(F)cc(CC(N)=O)c3[nH]c4ccccc4c23)nc(C)n1. The highest BCUT2D eigenvalue weighted by atomic mass is 19.1. The Morgan fingerprint density at radius 2 is 2.07 bits per heavy atom. The van der Waals surface area contributed by atoms with Crippen LogP contribution in [-0.4, -0.2) is 20.9 Å². The maximum absolute atomic E-state index is 15.2. The first kappa shape index (κ1) is 17.9. The summed E-state index contributed by atoms with van der Waals surface area (Å²) < 4.78 is 15.2. The van der Waals surface area contributed by atoms with Crippen molar-refractivity contribution in [3.63, 3.8) is 0 Å². The van der Waals surface area contributed by atoms with Crippen LogP contribution in [0.25, 0.3) is 27.9 Å². The summed E-state index contributed by atoms with van der Waals surface area (Å²) in [5, 5.41) is 1.65. The van der Waals surface area contributed by atoms with E-state index < -0.39 is 5.91 Å². The summed E-state index contributed by atoms with van der Waals surface area (Å²) >= 11 is 0. The number of benzene rings is 2. The minimum atomic E-state index is -0.505. The van der Waals surface area contributed by atoms with Crippen LogP contribution in [0.1, 0.15) is 28.3 Å². The number of nitrogens with one attached hydrogen (secondary N) is 1. The van der Waals surface area contributed by atoms with Crippen LogP contribution in [0.2, 0.25) is 0 Å². The molecule has 0 radical (unpaired) electrons. The standard InChI is InChI=1S/C22H19FN4O/c1-3-14-10-15(26-12(2)25-14)11-17-18(23)8-13(9-20(24)28)22-21(17)16-6-4-5-7-19(16)27-22/h3-8,10,27H,1,9,11H2,2H3,(H2,24,28). The monoisotopic (exact) mass is 374 g/mol. The number of nitrogens with two attached hydrogens (primary N) is 1. The molecule has 0 atom stereocenters. The van der Waals surface area contributed by atoms with Gasteiger partial charge in [0.05, 0.1) is 17.6 Å². The molecule has 0 unspecified atom stereocenters. The number of primary amides is 1. The summed E-state index contributed by atoms with van der Waals surface area (Å²) in [5.41, 5.74) is 9.44. The van der Waals surface area contributed by atoms with Gasteiger partial charge in [0.15, 0.2) is 0 Å². The minimum absolute atomic E-state index is 0.0340. The molecule has 4 rings (SSSR count). The summed E-state index contributed by atoms with van der Waals surface area (Å²) in [5.74, 6) is -0.285. The smallest absolute Gasteiger partial charge is 0.221 e. The van der Waals surface area contributed by atoms with E-state index in [0.29, 0.717) is 34.8 Å². The number of aromatic amines is 1. The number of carbonyl (C=O) groups is 1. The van der Waals surface area contributed by atoms with Crippen molar-refractivity contribution in [1.82, 2.24) is 15.0 Å². The number of fused-ring (bicyclic) bond motifs is 3. The van der Waals surface area contributed by atoms with Crippen LogP contribution in [0, 0.1) is 12.7 Å². The molecule has 2 aromatic heterocycles. The maximum Gasteiger partial charge on any atom is 0.221 e. The highest BCUT2D eigenvalue weighted by molar-refractivity contribution is 6.10. The van der Waals surface area contributed by atoms with Crippen LogP contribution >= 0.6 is 0 Å². The van der Waals surface area contributed by atoms with Gasteiger partial charge in [-0.15, -0.1) is 0 Å². The first-order valence-corrected chi connectivity index (χ1v) is 8.92. The second-order valence-electron chi connectivity index (χ2n) is 6.77. The van der Waals surface area contributed by atoms with E-state index in [0.717, 1.165) is 21.8 Å². The second kappa shape index (κ2) is 6.88. The molecule has 2 heterocycles. The van der Waals surface area contributed by atoms with E-state index in [2.05, 4.69) is 21.5 Å². The van der Waals surface area contributed by atoms with Crippen LogP contribution in [0.3, 0.4) is 0 Å². The average Bonchev–Trinajstić information content (AvgIpc) is 3.04. The fourth-order valence-electron chi connectivity index (χ4n) is 3.66. The molecule has 0 saturated carbocycles. The van der Waals surface area contributed by atoms with E-state index in [9.17, 15) is 4.79 Å². The lowest BCUT2D eigenvalue weighted by Gasteiger charge is -2.10.